The summed E-state index contributed by atoms with van der Waals surface area (Å²) in [5, 5.41) is 0. The lowest BCUT2D eigenvalue weighted by Gasteiger charge is -2.06. The van der Waals surface area contributed by atoms with Crippen LogP contribution in [-0.2, 0) is 6.61 Å². The summed E-state index contributed by atoms with van der Waals surface area (Å²) in [6, 6.07) is 8.38. The number of benzene rings is 1. The molecule has 2 nitrogen and oxygen atoms in total. The second kappa shape index (κ2) is 5.60. The Morgan fingerprint density at radius 2 is 2.00 bits per heavy atom. The molecule has 88 valence electrons. The first-order valence-corrected chi connectivity index (χ1v) is 6.42. The number of rotatable bonds is 3. The fraction of sp³-hybridized carbons (Fsp3) is 0.0833. The first-order valence-electron chi connectivity index (χ1n) is 4.83. The van der Waals surface area contributed by atoms with Gasteiger partial charge in [0.05, 0.1) is 10.2 Å². The van der Waals surface area contributed by atoms with Gasteiger partial charge in [-0.15, -0.1) is 0 Å². The van der Waals surface area contributed by atoms with E-state index < -0.39 is 0 Å². The lowest BCUT2D eigenvalue weighted by Crippen LogP contribution is -1.98. The van der Waals surface area contributed by atoms with Crippen LogP contribution in [0, 0.1) is 5.82 Å². The number of nitrogens with zero attached hydrogens (tertiary/aromatic N) is 1. The first-order chi connectivity index (χ1) is 8.15. The molecule has 2 aromatic rings. The Bertz CT molecular complexity index is 516. The van der Waals surface area contributed by atoms with E-state index in [0.29, 0.717) is 16.8 Å². The molecule has 17 heavy (non-hydrogen) atoms. The summed E-state index contributed by atoms with van der Waals surface area (Å²) < 4.78 is 20.0. The zero-order valence-corrected chi connectivity index (χ0v) is 11.8. The van der Waals surface area contributed by atoms with Crippen LogP contribution in [0.3, 0.4) is 0 Å². The van der Waals surface area contributed by atoms with Crippen LogP contribution in [0.1, 0.15) is 5.69 Å². The van der Waals surface area contributed by atoms with Crippen LogP contribution in [0.5, 0.6) is 5.75 Å². The largest absolute Gasteiger partial charge is 0.487 e. The van der Waals surface area contributed by atoms with Crippen molar-refractivity contribution in [3.8, 4) is 5.75 Å². The van der Waals surface area contributed by atoms with Crippen molar-refractivity contribution in [2.75, 3.05) is 0 Å². The van der Waals surface area contributed by atoms with E-state index in [1.165, 1.54) is 6.07 Å². The molecule has 0 fully saturated rings. The van der Waals surface area contributed by atoms with Gasteiger partial charge >= 0.3 is 0 Å². The van der Waals surface area contributed by atoms with Gasteiger partial charge in [0, 0.05) is 16.7 Å². The average Bonchev–Trinajstić information content (AvgIpc) is 2.33. The Hall–Kier alpha value is -0.940. The molecule has 0 spiro atoms. The van der Waals surface area contributed by atoms with Crippen LogP contribution in [-0.4, -0.2) is 4.98 Å². The van der Waals surface area contributed by atoms with E-state index in [4.69, 9.17) is 4.74 Å². The Balaban J connectivity index is 2.02. The predicted octanol–water partition coefficient (Wildman–Crippen LogP) is 4.32. The third kappa shape index (κ3) is 3.51. The van der Waals surface area contributed by atoms with Gasteiger partial charge in [0.25, 0.3) is 0 Å². The van der Waals surface area contributed by atoms with Gasteiger partial charge in [-0.1, -0.05) is 0 Å². The van der Waals surface area contributed by atoms with E-state index in [9.17, 15) is 4.39 Å². The SMILES string of the molecule is Fc1cc(OCc2ccc(Br)cn2)ccc1Br. The smallest absolute Gasteiger partial charge is 0.141 e. The molecule has 0 aliphatic rings. The summed E-state index contributed by atoms with van der Waals surface area (Å²) in [4.78, 5) is 4.16. The van der Waals surface area contributed by atoms with Crippen molar-refractivity contribution < 1.29 is 9.13 Å². The minimum Gasteiger partial charge on any atom is -0.487 e. The van der Waals surface area contributed by atoms with Gasteiger partial charge in [0.1, 0.15) is 18.2 Å². The molecule has 1 aromatic heterocycles. The van der Waals surface area contributed by atoms with Crippen LogP contribution in [0.25, 0.3) is 0 Å². The molecule has 0 saturated carbocycles. The number of ether oxygens (including phenoxy) is 1. The molecule has 0 radical (unpaired) electrons. The molecule has 0 atom stereocenters. The van der Waals surface area contributed by atoms with Crippen LogP contribution < -0.4 is 4.74 Å². The summed E-state index contributed by atoms with van der Waals surface area (Å²) >= 11 is 6.39. The van der Waals surface area contributed by atoms with Crippen molar-refractivity contribution in [2.45, 2.75) is 6.61 Å². The molecular formula is C12H8Br2FNO. The molecular weight excluding hydrogens is 353 g/mol. The minimum atomic E-state index is -0.341. The van der Waals surface area contributed by atoms with Crippen molar-refractivity contribution in [3.05, 3.63) is 57.0 Å². The highest BCUT2D eigenvalue weighted by molar-refractivity contribution is 9.10. The van der Waals surface area contributed by atoms with Crippen molar-refractivity contribution in [1.29, 1.82) is 0 Å². The Kier molecular flexibility index (Phi) is 4.12. The van der Waals surface area contributed by atoms with Crippen LogP contribution in [0.2, 0.25) is 0 Å². The zero-order valence-electron chi connectivity index (χ0n) is 8.66. The third-order valence-electron chi connectivity index (χ3n) is 2.07. The van der Waals surface area contributed by atoms with Crippen molar-refractivity contribution in [3.63, 3.8) is 0 Å². The number of halogens is 3. The molecule has 0 saturated heterocycles. The molecule has 0 aliphatic carbocycles. The van der Waals surface area contributed by atoms with Crippen LogP contribution >= 0.6 is 31.9 Å². The van der Waals surface area contributed by atoms with E-state index in [2.05, 4.69) is 36.8 Å². The minimum absolute atomic E-state index is 0.314. The number of hydrogen-bond acceptors (Lipinski definition) is 2. The lowest BCUT2D eigenvalue weighted by atomic mass is 10.3. The molecule has 2 rings (SSSR count). The van der Waals surface area contributed by atoms with Gasteiger partial charge in [0.2, 0.25) is 0 Å². The second-order valence-electron chi connectivity index (χ2n) is 3.33. The zero-order chi connectivity index (χ0) is 12.3. The number of pyridine rings is 1. The van der Waals surface area contributed by atoms with Crippen LogP contribution in [0.15, 0.2) is 45.5 Å². The molecule has 1 aromatic carbocycles. The topological polar surface area (TPSA) is 22.1 Å². The van der Waals surface area contributed by atoms with E-state index in [1.807, 2.05) is 12.1 Å². The maximum Gasteiger partial charge on any atom is 0.141 e. The van der Waals surface area contributed by atoms with E-state index in [1.54, 1.807) is 18.3 Å². The highest BCUT2D eigenvalue weighted by atomic mass is 79.9. The second-order valence-corrected chi connectivity index (χ2v) is 5.10. The fourth-order valence-corrected chi connectivity index (χ4v) is 1.70. The Labute approximate surface area is 115 Å². The van der Waals surface area contributed by atoms with Gasteiger partial charge in [0.15, 0.2) is 0 Å². The third-order valence-corrected chi connectivity index (χ3v) is 3.18. The highest BCUT2D eigenvalue weighted by Crippen LogP contribution is 2.21. The van der Waals surface area contributed by atoms with E-state index >= 15 is 0 Å². The summed E-state index contributed by atoms with van der Waals surface area (Å²) in [5.74, 6) is 0.140. The Morgan fingerprint density at radius 3 is 2.65 bits per heavy atom. The summed E-state index contributed by atoms with van der Waals surface area (Å²) in [6.07, 6.45) is 1.70. The molecule has 0 N–H and O–H groups in total. The van der Waals surface area contributed by atoms with Gasteiger partial charge < -0.3 is 4.74 Å². The van der Waals surface area contributed by atoms with Crippen molar-refractivity contribution in [1.82, 2.24) is 4.98 Å². The van der Waals surface area contributed by atoms with Crippen molar-refractivity contribution in [2.24, 2.45) is 0 Å². The summed E-state index contributed by atoms with van der Waals surface area (Å²) in [6.45, 7) is 0.314. The summed E-state index contributed by atoms with van der Waals surface area (Å²) in [5.41, 5.74) is 0.788. The van der Waals surface area contributed by atoms with E-state index in [-0.39, 0.29) is 5.82 Å². The quantitative estimate of drug-likeness (QED) is 0.812. The normalized spacial score (nSPS) is 10.3. The predicted molar refractivity (Wildman–Crippen MR) is 70.4 cm³/mol. The molecule has 0 unspecified atom stereocenters. The maximum absolute atomic E-state index is 13.2. The lowest BCUT2D eigenvalue weighted by molar-refractivity contribution is 0.299. The molecule has 0 amide bonds. The van der Waals surface area contributed by atoms with Gasteiger partial charge in [-0.05, 0) is 56.1 Å². The average molecular weight is 361 g/mol. The first kappa shape index (κ1) is 12.5. The fourth-order valence-electron chi connectivity index (χ4n) is 1.22. The van der Waals surface area contributed by atoms with Gasteiger partial charge in [-0.3, -0.25) is 4.98 Å². The van der Waals surface area contributed by atoms with E-state index in [0.717, 1.165) is 10.2 Å². The molecule has 0 bridgehead atoms. The van der Waals surface area contributed by atoms with Gasteiger partial charge in [-0.25, -0.2) is 4.39 Å². The number of hydrogen-bond donors (Lipinski definition) is 0. The monoisotopic (exact) mass is 359 g/mol. The van der Waals surface area contributed by atoms with Crippen molar-refractivity contribution >= 4 is 31.9 Å². The summed E-state index contributed by atoms with van der Waals surface area (Å²) in [7, 11) is 0. The Morgan fingerprint density at radius 1 is 1.18 bits per heavy atom. The number of aromatic nitrogens is 1. The maximum atomic E-state index is 13.2. The molecule has 0 aliphatic heterocycles. The molecule has 1 heterocycles. The molecule has 5 heteroatoms. The standard InChI is InChI=1S/C12H8Br2FNO/c13-8-1-2-9(16-6-8)7-17-10-3-4-11(14)12(15)5-10/h1-6H,7H2. The van der Waals surface area contributed by atoms with Gasteiger partial charge in [-0.2, -0.15) is 0 Å². The highest BCUT2D eigenvalue weighted by Gasteiger charge is 2.02. The van der Waals surface area contributed by atoms with Crippen LogP contribution in [0.4, 0.5) is 4.39 Å².